The van der Waals surface area contributed by atoms with Crippen LogP contribution in [0.25, 0.3) is 0 Å². The predicted molar refractivity (Wildman–Crippen MR) is 244 cm³/mol. The minimum atomic E-state index is -0.340. The van der Waals surface area contributed by atoms with Gasteiger partial charge in [0.2, 0.25) is 11.8 Å². The first-order chi connectivity index (χ1) is 25.2. The Bertz CT molecular complexity index is 963. The van der Waals surface area contributed by atoms with E-state index in [0.717, 1.165) is 62.0 Å². The van der Waals surface area contributed by atoms with E-state index in [9.17, 15) is 28.8 Å². The van der Waals surface area contributed by atoms with Gasteiger partial charge >= 0.3 is 0 Å². The summed E-state index contributed by atoms with van der Waals surface area (Å²) in [5, 5.41) is 5.57. The maximum absolute atomic E-state index is 11.5. The fourth-order valence-corrected chi connectivity index (χ4v) is 3.91. The van der Waals surface area contributed by atoms with Crippen LogP contribution in [0, 0.1) is 17.8 Å². The Hall–Kier alpha value is -2.30. The summed E-state index contributed by atoms with van der Waals surface area (Å²) in [6, 6.07) is 0. The molecule has 0 spiro atoms. The summed E-state index contributed by atoms with van der Waals surface area (Å²) in [7, 11) is 1.74. The molecule has 0 fully saturated rings. The van der Waals surface area contributed by atoms with E-state index in [0.29, 0.717) is 24.9 Å². The van der Waals surface area contributed by atoms with Crippen LogP contribution in [-0.4, -0.2) is 78.0 Å². The molecule has 4 N–H and O–H groups in total. The molecule has 0 bridgehead atoms. The van der Waals surface area contributed by atoms with Crippen LogP contribution in [0.15, 0.2) is 24.3 Å². The van der Waals surface area contributed by atoms with Gasteiger partial charge in [0, 0.05) is 77.4 Å². The van der Waals surface area contributed by atoms with Gasteiger partial charge in [0.25, 0.3) is 23.6 Å². The molecule has 6 amide bonds. The Kier molecular flexibility index (Phi) is 61.0. The van der Waals surface area contributed by atoms with Gasteiger partial charge in [0.1, 0.15) is 0 Å². The van der Waals surface area contributed by atoms with E-state index in [1.54, 1.807) is 0 Å². The second-order valence-electron chi connectivity index (χ2n) is 12.1. The molecule has 0 unspecified atom stereocenters. The van der Waals surface area contributed by atoms with Crippen molar-refractivity contribution in [3.8, 4) is 0 Å². The number of amides is 6. The molecule has 0 radical (unpaired) electrons. The van der Waals surface area contributed by atoms with Gasteiger partial charge in [-0.3, -0.25) is 38.6 Å². The monoisotopic (exact) mass is 854 g/mol. The van der Waals surface area contributed by atoms with Crippen molar-refractivity contribution in [1.29, 1.82) is 0 Å². The average molecular weight is 854 g/mol. The highest BCUT2D eigenvalue weighted by molar-refractivity contribution is 8.40. The van der Waals surface area contributed by atoms with Crippen LogP contribution < -0.4 is 16.4 Å². The lowest BCUT2D eigenvalue weighted by atomic mass is 10.1. The lowest BCUT2D eigenvalue weighted by molar-refractivity contribution is -0.139. The van der Waals surface area contributed by atoms with Crippen molar-refractivity contribution in [2.45, 2.75) is 149 Å². The number of imide groups is 2. The van der Waals surface area contributed by atoms with Crippen molar-refractivity contribution in [2.24, 2.45) is 23.5 Å². The highest BCUT2D eigenvalue weighted by Gasteiger charge is 2.24. The summed E-state index contributed by atoms with van der Waals surface area (Å²) in [5.41, 5.74) is 5.28. The first kappa shape index (κ1) is 67.4. The molecule has 0 atom stereocenters. The van der Waals surface area contributed by atoms with Crippen molar-refractivity contribution in [2.75, 3.05) is 32.7 Å². The number of nitrogens with one attached hydrogen (secondary N) is 2. The van der Waals surface area contributed by atoms with Gasteiger partial charge in [-0.15, -0.1) is 0 Å². The fourth-order valence-electron chi connectivity index (χ4n) is 3.91. The number of rotatable bonds is 18. The predicted octanol–water partition coefficient (Wildman–Crippen LogP) is 9.16. The van der Waals surface area contributed by atoms with Gasteiger partial charge in [-0.2, -0.15) is 0 Å². The normalized spacial score (nSPS) is 11.9. The Morgan fingerprint density at radius 2 is 0.836 bits per heavy atom. The van der Waals surface area contributed by atoms with E-state index < -0.39 is 0 Å². The molecule has 324 valence electrons. The molecule has 55 heavy (non-hydrogen) atoms. The molecule has 2 aliphatic rings. The molecular formula is C40H81N5O6P2S2. The maximum atomic E-state index is 11.5. The number of carbonyl (C=O) groups is 6. The van der Waals surface area contributed by atoms with Crippen molar-refractivity contribution < 1.29 is 28.8 Å². The number of hydrogen-bond acceptors (Lipinski definition) is 9. The van der Waals surface area contributed by atoms with Crippen LogP contribution >= 0.6 is 14.1 Å². The second kappa shape index (κ2) is 49.7. The lowest BCUT2D eigenvalue weighted by Gasteiger charge is -2.13. The van der Waals surface area contributed by atoms with Gasteiger partial charge in [-0.1, -0.05) is 97.9 Å². The first-order valence-corrected chi connectivity index (χ1v) is 23.7. The second-order valence-corrected chi connectivity index (χ2v) is 16.3. The Balaban J connectivity index is -0.000000116. The Labute approximate surface area is 350 Å². The Morgan fingerprint density at radius 3 is 1.04 bits per heavy atom. The molecule has 2 heterocycles. The zero-order valence-corrected chi connectivity index (χ0v) is 38.3. The molecule has 0 saturated heterocycles. The minimum Gasteiger partial charge on any atom is -0.356 e. The molecule has 2 aliphatic heterocycles. The third-order valence-corrected chi connectivity index (χ3v) is 9.17. The zero-order valence-electron chi connectivity index (χ0n) is 34.9. The summed E-state index contributed by atoms with van der Waals surface area (Å²) in [4.78, 5) is 70.0. The van der Waals surface area contributed by atoms with Crippen LogP contribution in [0.2, 0.25) is 0 Å². The Morgan fingerprint density at radius 1 is 0.582 bits per heavy atom. The highest BCUT2D eigenvalue weighted by Crippen LogP contribution is 2.10. The van der Waals surface area contributed by atoms with Crippen molar-refractivity contribution in [3.63, 3.8) is 0 Å². The van der Waals surface area contributed by atoms with E-state index in [1.165, 1.54) is 37.1 Å². The summed E-state index contributed by atoms with van der Waals surface area (Å²) in [5.74, 6) is 0.488. The van der Waals surface area contributed by atoms with Crippen LogP contribution in [0.4, 0.5) is 0 Å². The fraction of sp³-hybridized carbons (Fsp3) is 0.750. The smallest absolute Gasteiger partial charge is 0.253 e. The summed E-state index contributed by atoms with van der Waals surface area (Å²) in [6.07, 6.45) is 11.7. The maximum Gasteiger partial charge on any atom is 0.253 e. The third kappa shape index (κ3) is 46.0. The first-order valence-electron chi connectivity index (χ1n) is 19.1. The SMILES string of the molecule is C.C.CC.CC.CC.CC(C)CCCN.CC(C)CCCNC(=O)CCN1C(=O)C=CC1=O.CC(C)CCCNC(=O)CCN1C(=O)C=CC1=O.S=PP=S. The van der Waals surface area contributed by atoms with Crippen LogP contribution in [-0.2, 0) is 52.4 Å². The molecule has 11 nitrogen and oxygen atoms in total. The zero-order chi connectivity index (χ0) is 42.2. The molecule has 15 heteroatoms. The van der Waals surface area contributed by atoms with Crippen molar-refractivity contribution in [1.82, 2.24) is 20.4 Å². The van der Waals surface area contributed by atoms with Crippen molar-refractivity contribution in [3.05, 3.63) is 24.3 Å². The standard InChI is InChI=1S/2C13H20N2O3.C6H15N.3C2H6.2CH4.P2S2/c2*1-10(2)4-3-8-14-11(16)7-9-15-12(17)5-6-13(15)18;1-6(2)4-3-5-7;3*1-2;;;3-1-2-4/h2*5-6,10H,3-4,7-9H2,1-2H3,(H,14,16);6H,3-5,7H2,1-2H3;3*1-2H3;2*1H4;. The number of carbonyl (C=O) groups excluding carboxylic acids is 6. The summed E-state index contributed by atoms with van der Waals surface area (Å²) >= 11 is 8.82. The van der Waals surface area contributed by atoms with Gasteiger partial charge in [-0.05, 0) is 86.4 Å². The third-order valence-electron chi connectivity index (χ3n) is 6.51. The largest absolute Gasteiger partial charge is 0.356 e. The van der Waals surface area contributed by atoms with Gasteiger partial charge in [-0.25, -0.2) is 0 Å². The molecule has 0 aromatic carbocycles. The van der Waals surface area contributed by atoms with Gasteiger partial charge < -0.3 is 16.4 Å². The van der Waals surface area contributed by atoms with E-state index in [-0.39, 0.29) is 76.2 Å². The molecular weight excluding hydrogens is 773 g/mol. The van der Waals surface area contributed by atoms with Crippen LogP contribution in [0.1, 0.15) is 149 Å². The van der Waals surface area contributed by atoms with Gasteiger partial charge in [0.05, 0.1) is 0 Å². The highest BCUT2D eigenvalue weighted by atomic mass is 32.7. The van der Waals surface area contributed by atoms with Crippen LogP contribution in [0.3, 0.4) is 0 Å². The quantitative estimate of drug-likeness (QED) is 0.0695. The molecule has 0 aromatic rings. The topological polar surface area (TPSA) is 159 Å². The summed E-state index contributed by atoms with van der Waals surface area (Å²) in [6.45, 7) is 27.4. The molecule has 0 saturated carbocycles. The van der Waals surface area contributed by atoms with Crippen LogP contribution in [0.5, 0.6) is 0 Å². The molecule has 2 rings (SSSR count). The minimum absolute atomic E-state index is 0. The number of hydrogen-bond donors (Lipinski definition) is 3. The van der Waals surface area contributed by atoms with E-state index in [2.05, 4.69) is 75.8 Å². The average Bonchev–Trinajstić information content (AvgIpc) is 3.65. The van der Waals surface area contributed by atoms with E-state index in [4.69, 9.17) is 5.73 Å². The van der Waals surface area contributed by atoms with E-state index >= 15 is 0 Å². The van der Waals surface area contributed by atoms with Crippen molar-refractivity contribution >= 4 is 73.1 Å². The van der Waals surface area contributed by atoms with E-state index in [1.807, 2.05) is 41.5 Å². The number of nitrogens with two attached hydrogens (primary N) is 1. The molecule has 0 aliphatic carbocycles. The molecule has 0 aromatic heterocycles. The lowest BCUT2D eigenvalue weighted by Crippen LogP contribution is -2.35. The van der Waals surface area contributed by atoms with Gasteiger partial charge in [0.15, 0.2) is 0 Å². The summed E-state index contributed by atoms with van der Waals surface area (Å²) < 4.78 is 0. The number of nitrogens with zero attached hydrogens (tertiary/aromatic N) is 2.